The molecule has 0 radical (unpaired) electrons. The van der Waals surface area contributed by atoms with E-state index in [0.29, 0.717) is 42.9 Å². The number of likely N-dealkylation sites (tertiary alicyclic amines) is 1. The zero-order valence-electron chi connectivity index (χ0n) is 24.4. The lowest BCUT2D eigenvalue weighted by Crippen LogP contribution is -2.42. The van der Waals surface area contributed by atoms with E-state index in [4.69, 9.17) is 24.5 Å². The number of piperidine rings is 1. The van der Waals surface area contributed by atoms with Crippen molar-refractivity contribution < 1.29 is 19.1 Å². The molecule has 226 valence electrons. The Balaban J connectivity index is 1.25. The second kappa shape index (κ2) is 12.1. The van der Waals surface area contributed by atoms with Crippen molar-refractivity contribution in [2.45, 2.75) is 45.3 Å². The number of nitrogens with one attached hydrogen (secondary N) is 2. The Morgan fingerprint density at radius 3 is 2.44 bits per heavy atom. The van der Waals surface area contributed by atoms with Crippen molar-refractivity contribution in [3.05, 3.63) is 42.0 Å². The second-order valence-corrected chi connectivity index (χ2v) is 12.4. The molecule has 2 fully saturated rings. The predicted octanol–water partition coefficient (Wildman–Crippen LogP) is 5.00. The normalized spacial score (nSPS) is 16.3. The first-order valence-electron chi connectivity index (χ1n) is 14.4. The van der Waals surface area contributed by atoms with Crippen molar-refractivity contribution in [1.29, 1.82) is 0 Å². The number of thiazole rings is 1. The number of urea groups is 1. The molecule has 14 heteroatoms. The molecule has 3 aromatic heterocycles. The molecule has 6 rings (SSSR count). The number of amides is 3. The van der Waals surface area contributed by atoms with Crippen LogP contribution in [0.5, 0.6) is 0 Å². The van der Waals surface area contributed by atoms with Crippen molar-refractivity contribution in [2.75, 3.05) is 54.9 Å². The number of hydrogen-bond donors (Lipinski definition) is 2. The molecule has 0 spiro atoms. The number of aromatic nitrogens is 5. The molecule has 0 saturated carbocycles. The van der Waals surface area contributed by atoms with Crippen LogP contribution in [-0.2, 0) is 9.47 Å². The van der Waals surface area contributed by atoms with Crippen molar-refractivity contribution in [3.63, 3.8) is 0 Å². The Morgan fingerprint density at radius 2 is 1.77 bits per heavy atom. The van der Waals surface area contributed by atoms with E-state index in [-0.39, 0.29) is 18.2 Å². The fourth-order valence-electron chi connectivity index (χ4n) is 5.19. The van der Waals surface area contributed by atoms with Gasteiger partial charge in [-0.3, -0.25) is 5.32 Å². The summed E-state index contributed by atoms with van der Waals surface area (Å²) in [7, 11) is 0. The average Bonchev–Trinajstić information content (AvgIpc) is 3.67. The second-order valence-electron chi connectivity index (χ2n) is 11.5. The smallest absolute Gasteiger partial charge is 0.410 e. The molecule has 2 N–H and O–H groups in total. The highest BCUT2D eigenvalue weighted by molar-refractivity contribution is 7.13. The predicted molar refractivity (Wildman–Crippen MR) is 165 cm³/mol. The van der Waals surface area contributed by atoms with E-state index in [9.17, 15) is 9.59 Å². The van der Waals surface area contributed by atoms with Crippen LogP contribution in [-0.4, -0.2) is 86.8 Å². The minimum absolute atomic E-state index is 0.0828. The molecule has 1 aromatic carbocycles. The lowest BCUT2D eigenvalue weighted by atomic mass is 10.1. The van der Waals surface area contributed by atoms with E-state index in [2.05, 4.69) is 20.5 Å². The van der Waals surface area contributed by atoms with Gasteiger partial charge in [0.1, 0.15) is 11.4 Å². The molecule has 2 aliphatic heterocycles. The number of fused-ring (bicyclic) bond motifs is 1. The lowest BCUT2D eigenvalue weighted by molar-refractivity contribution is 0.0186. The standard InChI is InChI=1S/C29H35N9O4S/c1-29(2,3)42-28(40)37-11-8-21(9-12-37)38-25-22(18-31-38)24(36-13-15-41-16-14-36)33-23(34-25)19-4-6-20(7-5-19)32-26(39)35-27-30-10-17-43-27/h4-7,10,17-18,21H,8-9,11-16H2,1-3H3,(H2,30,32,35,39). The summed E-state index contributed by atoms with van der Waals surface area (Å²) >= 11 is 1.35. The maximum Gasteiger partial charge on any atom is 0.410 e. The number of hydrogen-bond acceptors (Lipinski definition) is 10. The monoisotopic (exact) mass is 605 g/mol. The fourth-order valence-corrected chi connectivity index (χ4v) is 5.71. The Bertz CT molecular complexity index is 1570. The van der Waals surface area contributed by atoms with E-state index in [1.165, 1.54) is 11.3 Å². The third-order valence-corrected chi connectivity index (χ3v) is 7.95. The van der Waals surface area contributed by atoms with Crippen LogP contribution in [0.15, 0.2) is 42.0 Å². The van der Waals surface area contributed by atoms with Gasteiger partial charge in [-0.1, -0.05) is 0 Å². The molecule has 3 amide bonds. The van der Waals surface area contributed by atoms with Gasteiger partial charge < -0.3 is 24.6 Å². The molecule has 0 unspecified atom stereocenters. The van der Waals surface area contributed by atoms with Crippen LogP contribution >= 0.6 is 11.3 Å². The van der Waals surface area contributed by atoms with E-state index in [1.54, 1.807) is 16.5 Å². The molecule has 2 aliphatic rings. The molecular weight excluding hydrogens is 570 g/mol. The first-order chi connectivity index (χ1) is 20.7. The summed E-state index contributed by atoms with van der Waals surface area (Å²) in [6.45, 7) is 9.50. The van der Waals surface area contributed by atoms with E-state index in [0.717, 1.165) is 48.3 Å². The molecule has 0 atom stereocenters. The highest BCUT2D eigenvalue weighted by atomic mass is 32.1. The average molecular weight is 606 g/mol. The van der Waals surface area contributed by atoms with Crippen LogP contribution in [0.1, 0.15) is 39.7 Å². The zero-order chi connectivity index (χ0) is 30.0. The molecular formula is C29H35N9O4S. The van der Waals surface area contributed by atoms with Crippen LogP contribution in [0.3, 0.4) is 0 Å². The van der Waals surface area contributed by atoms with Crippen LogP contribution < -0.4 is 15.5 Å². The number of rotatable bonds is 5. The van der Waals surface area contributed by atoms with Gasteiger partial charge in [-0.2, -0.15) is 5.10 Å². The van der Waals surface area contributed by atoms with Gasteiger partial charge in [-0.15, -0.1) is 11.3 Å². The number of carbonyl (C=O) groups is 2. The number of anilines is 3. The summed E-state index contributed by atoms with van der Waals surface area (Å²) < 4.78 is 13.1. The topological polar surface area (TPSA) is 140 Å². The number of carbonyl (C=O) groups excluding carboxylic acids is 2. The largest absolute Gasteiger partial charge is 0.444 e. The van der Waals surface area contributed by atoms with Gasteiger partial charge in [0.2, 0.25) is 0 Å². The molecule has 5 heterocycles. The van der Waals surface area contributed by atoms with Crippen LogP contribution in [0.4, 0.5) is 26.2 Å². The lowest BCUT2D eigenvalue weighted by Gasteiger charge is -2.33. The maximum absolute atomic E-state index is 12.6. The van der Waals surface area contributed by atoms with Gasteiger partial charge in [0, 0.05) is 49.0 Å². The Hall–Kier alpha value is -4.30. The van der Waals surface area contributed by atoms with Crippen molar-refractivity contribution in [2.24, 2.45) is 0 Å². The maximum atomic E-state index is 12.6. The first kappa shape index (κ1) is 28.8. The summed E-state index contributed by atoms with van der Waals surface area (Å²) in [4.78, 5) is 43.0. The molecule has 2 saturated heterocycles. The number of nitrogens with zero attached hydrogens (tertiary/aromatic N) is 7. The summed E-state index contributed by atoms with van der Waals surface area (Å²) in [6.07, 6.45) is 4.68. The summed E-state index contributed by atoms with van der Waals surface area (Å²) in [5.74, 6) is 1.39. The SMILES string of the molecule is CC(C)(C)OC(=O)N1CCC(n2ncc3c(N4CCOCC4)nc(-c4ccc(NC(=O)Nc5nccs5)cc4)nc32)CC1. The summed E-state index contributed by atoms with van der Waals surface area (Å²) in [6, 6.07) is 7.15. The molecule has 4 aromatic rings. The van der Waals surface area contributed by atoms with Gasteiger partial charge in [0.15, 0.2) is 16.6 Å². The van der Waals surface area contributed by atoms with Gasteiger partial charge in [-0.05, 0) is 57.9 Å². The number of ether oxygens (including phenoxy) is 2. The van der Waals surface area contributed by atoms with Crippen LogP contribution in [0, 0.1) is 0 Å². The van der Waals surface area contributed by atoms with E-state index in [1.807, 2.05) is 55.9 Å². The third-order valence-electron chi connectivity index (χ3n) is 7.26. The fraction of sp³-hybridized carbons (Fsp3) is 0.448. The minimum Gasteiger partial charge on any atom is -0.444 e. The highest BCUT2D eigenvalue weighted by Gasteiger charge is 2.30. The third kappa shape index (κ3) is 6.70. The van der Waals surface area contributed by atoms with Crippen LogP contribution in [0.2, 0.25) is 0 Å². The molecule has 13 nitrogen and oxygen atoms in total. The van der Waals surface area contributed by atoms with E-state index < -0.39 is 5.60 Å². The molecule has 0 bridgehead atoms. The van der Waals surface area contributed by atoms with Gasteiger partial charge in [-0.25, -0.2) is 29.2 Å². The Kier molecular flexibility index (Phi) is 8.13. The molecule has 43 heavy (non-hydrogen) atoms. The van der Waals surface area contributed by atoms with Gasteiger partial charge >= 0.3 is 12.1 Å². The van der Waals surface area contributed by atoms with Crippen molar-refractivity contribution >= 4 is 51.1 Å². The Labute approximate surface area is 253 Å². The van der Waals surface area contributed by atoms with Gasteiger partial charge in [0.05, 0.1) is 30.8 Å². The van der Waals surface area contributed by atoms with E-state index >= 15 is 0 Å². The van der Waals surface area contributed by atoms with Crippen molar-refractivity contribution in [3.8, 4) is 11.4 Å². The van der Waals surface area contributed by atoms with Crippen molar-refractivity contribution in [1.82, 2.24) is 29.6 Å². The van der Waals surface area contributed by atoms with Crippen LogP contribution in [0.25, 0.3) is 22.4 Å². The molecule has 0 aliphatic carbocycles. The Morgan fingerprint density at radius 1 is 1.02 bits per heavy atom. The quantitative estimate of drug-likeness (QED) is 0.322. The first-order valence-corrected chi connectivity index (χ1v) is 15.3. The highest BCUT2D eigenvalue weighted by Crippen LogP contribution is 2.32. The number of morpholine rings is 1. The summed E-state index contributed by atoms with van der Waals surface area (Å²) in [5, 5.41) is 13.5. The number of benzene rings is 1. The summed E-state index contributed by atoms with van der Waals surface area (Å²) in [5.41, 5.74) is 1.67. The van der Waals surface area contributed by atoms with Gasteiger partial charge in [0.25, 0.3) is 0 Å². The zero-order valence-corrected chi connectivity index (χ0v) is 25.3. The minimum atomic E-state index is -0.530.